The number of aromatic nitrogens is 2. The van der Waals surface area contributed by atoms with E-state index in [-0.39, 0.29) is 11.9 Å². The summed E-state index contributed by atoms with van der Waals surface area (Å²) in [4.78, 5) is 15.2. The molecule has 2 heterocycles. The lowest BCUT2D eigenvalue weighted by Crippen LogP contribution is -2.29. The largest absolute Gasteiger partial charge is 0.497 e. The maximum absolute atomic E-state index is 13.4. The number of carbonyl (C=O) groups excluding carboxylic acids is 1. The third-order valence-corrected chi connectivity index (χ3v) is 5.28. The van der Waals surface area contributed by atoms with Crippen molar-refractivity contribution in [2.75, 3.05) is 12.0 Å². The summed E-state index contributed by atoms with van der Waals surface area (Å²) >= 11 is 0. The Balaban J connectivity index is 1.71. The highest BCUT2D eigenvalue weighted by Gasteiger charge is 2.42. The summed E-state index contributed by atoms with van der Waals surface area (Å²) in [6.45, 7) is 0. The normalized spacial score (nSPS) is 15.4. The fourth-order valence-corrected chi connectivity index (χ4v) is 3.92. The van der Waals surface area contributed by atoms with Crippen LogP contribution in [-0.4, -0.2) is 23.2 Å². The number of aromatic amines is 1. The van der Waals surface area contributed by atoms with Crippen molar-refractivity contribution in [2.45, 2.75) is 6.04 Å². The molecule has 4 aromatic rings. The number of benzene rings is 3. The molecule has 0 saturated heterocycles. The van der Waals surface area contributed by atoms with Crippen LogP contribution in [0.3, 0.4) is 0 Å². The van der Waals surface area contributed by atoms with E-state index in [1.807, 2.05) is 89.8 Å². The van der Waals surface area contributed by atoms with E-state index in [1.54, 1.807) is 7.11 Å². The van der Waals surface area contributed by atoms with Crippen LogP contribution in [0.25, 0.3) is 11.3 Å². The number of methoxy groups -OCH3 is 1. The van der Waals surface area contributed by atoms with E-state index in [9.17, 15) is 4.79 Å². The Morgan fingerprint density at radius 3 is 2.21 bits per heavy atom. The number of nitrogens with one attached hydrogen (secondary N) is 1. The SMILES string of the molecule is COc1ccc([C@@H]2c3c(-c4ccccc4)n[nH]c3C(=O)N2c2ccccc2)cc1. The molecule has 0 fully saturated rings. The quantitative estimate of drug-likeness (QED) is 0.551. The minimum Gasteiger partial charge on any atom is -0.497 e. The molecule has 5 heteroatoms. The molecule has 5 nitrogen and oxygen atoms in total. The number of hydrogen-bond acceptors (Lipinski definition) is 3. The number of para-hydroxylation sites is 1. The monoisotopic (exact) mass is 381 g/mol. The fraction of sp³-hybridized carbons (Fsp3) is 0.0833. The average Bonchev–Trinajstić information content (AvgIpc) is 3.34. The summed E-state index contributed by atoms with van der Waals surface area (Å²) in [6, 6.07) is 27.3. The molecule has 29 heavy (non-hydrogen) atoms. The van der Waals surface area contributed by atoms with Gasteiger partial charge in [-0.2, -0.15) is 5.10 Å². The Kier molecular flexibility index (Phi) is 4.13. The van der Waals surface area contributed by atoms with E-state index in [1.165, 1.54) is 0 Å². The standard InChI is InChI=1S/C24H19N3O2/c1-29-19-14-12-17(13-15-19)23-20-21(16-8-4-2-5-9-16)25-26-22(20)24(28)27(23)18-10-6-3-7-11-18/h2-15,23H,1H3,(H,25,26)/t23-/m1/s1. The molecule has 1 aromatic heterocycles. The van der Waals surface area contributed by atoms with Crippen LogP contribution in [0.4, 0.5) is 5.69 Å². The first kappa shape index (κ1) is 17.3. The van der Waals surface area contributed by atoms with E-state index >= 15 is 0 Å². The van der Waals surface area contributed by atoms with E-state index < -0.39 is 0 Å². The summed E-state index contributed by atoms with van der Waals surface area (Å²) in [5.74, 6) is 0.696. The fourth-order valence-electron chi connectivity index (χ4n) is 3.92. The lowest BCUT2D eigenvalue weighted by atomic mass is 9.96. The number of ether oxygens (including phenoxy) is 1. The molecule has 1 aliphatic heterocycles. The number of rotatable bonds is 4. The molecule has 0 aliphatic carbocycles. The first-order chi connectivity index (χ1) is 14.3. The summed E-state index contributed by atoms with van der Waals surface area (Å²) in [5.41, 5.74) is 5.06. The van der Waals surface area contributed by atoms with Crippen LogP contribution in [0.5, 0.6) is 5.75 Å². The first-order valence-electron chi connectivity index (χ1n) is 9.44. The minimum absolute atomic E-state index is 0.0818. The van der Waals surface area contributed by atoms with E-state index in [0.29, 0.717) is 5.69 Å². The van der Waals surface area contributed by atoms with Gasteiger partial charge in [0.1, 0.15) is 11.4 Å². The number of anilines is 1. The Labute approximate surface area is 168 Å². The summed E-state index contributed by atoms with van der Waals surface area (Å²) in [6.07, 6.45) is 0. The van der Waals surface area contributed by atoms with Gasteiger partial charge in [-0.05, 0) is 29.8 Å². The third-order valence-electron chi connectivity index (χ3n) is 5.28. The zero-order valence-electron chi connectivity index (χ0n) is 15.9. The van der Waals surface area contributed by atoms with Crippen molar-refractivity contribution in [3.05, 3.63) is 102 Å². The van der Waals surface area contributed by atoms with Crippen molar-refractivity contribution < 1.29 is 9.53 Å². The van der Waals surface area contributed by atoms with Gasteiger partial charge in [-0.25, -0.2) is 0 Å². The smallest absolute Gasteiger partial charge is 0.277 e. The Morgan fingerprint density at radius 2 is 1.55 bits per heavy atom. The number of amides is 1. The predicted octanol–water partition coefficient (Wildman–Crippen LogP) is 4.84. The molecule has 5 rings (SSSR count). The highest BCUT2D eigenvalue weighted by atomic mass is 16.5. The molecule has 142 valence electrons. The van der Waals surface area contributed by atoms with Crippen molar-refractivity contribution in [2.24, 2.45) is 0 Å². The second-order valence-corrected chi connectivity index (χ2v) is 6.91. The predicted molar refractivity (Wildman–Crippen MR) is 112 cm³/mol. The molecule has 3 aromatic carbocycles. The van der Waals surface area contributed by atoms with Gasteiger partial charge in [0.05, 0.1) is 18.8 Å². The van der Waals surface area contributed by atoms with Gasteiger partial charge in [0.15, 0.2) is 0 Å². The summed E-state index contributed by atoms with van der Waals surface area (Å²) in [7, 11) is 1.64. The Morgan fingerprint density at radius 1 is 0.897 bits per heavy atom. The van der Waals surface area contributed by atoms with Crippen molar-refractivity contribution in [3.63, 3.8) is 0 Å². The van der Waals surface area contributed by atoms with Crippen LogP contribution in [-0.2, 0) is 0 Å². The van der Waals surface area contributed by atoms with Crippen LogP contribution in [0.2, 0.25) is 0 Å². The van der Waals surface area contributed by atoms with Gasteiger partial charge in [-0.15, -0.1) is 0 Å². The highest BCUT2D eigenvalue weighted by molar-refractivity contribution is 6.11. The molecule has 0 unspecified atom stereocenters. The van der Waals surface area contributed by atoms with Crippen LogP contribution in [0.15, 0.2) is 84.9 Å². The first-order valence-corrected chi connectivity index (χ1v) is 9.44. The second kappa shape index (κ2) is 6.95. The van der Waals surface area contributed by atoms with Gasteiger partial charge in [0.2, 0.25) is 0 Å². The third kappa shape index (κ3) is 2.79. The number of fused-ring (bicyclic) bond motifs is 1. The van der Waals surface area contributed by atoms with Crippen LogP contribution in [0, 0.1) is 0 Å². The Bertz CT molecular complexity index is 1150. The lowest BCUT2D eigenvalue weighted by molar-refractivity contribution is 0.0989. The lowest BCUT2D eigenvalue weighted by Gasteiger charge is -2.26. The molecule has 0 saturated carbocycles. The summed E-state index contributed by atoms with van der Waals surface area (Å²) in [5, 5.41) is 7.49. The van der Waals surface area contributed by atoms with Crippen LogP contribution >= 0.6 is 0 Å². The van der Waals surface area contributed by atoms with Gasteiger partial charge >= 0.3 is 0 Å². The van der Waals surface area contributed by atoms with Crippen molar-refractivity contribution in [1.82, 2.24) is 10.2 Å². The van der Waals surface area contributed by atoms with Gasteiger partial charge in [0, 0.05) is 16.8 Å². The second-order valence-electron chi connectivity index (χ2n) is 6.91. The van der Waals surface area contributed by atoms with Gasteiger partial charge in [-0.1, -0.05) is 60.7 Å². The molecule has 1 aliphatic rings. The van der Waals surface area contributed by atoms with Crippen molar-refractivity contribution >= 4 is 11.6 Å². The zero-order chi connectivity index (χ0) is 19.8. The minimum atomic E-state index is -0.278. The maximum atomic E-state index is 13.4. The molecule has 1 amide bonds. The van der Waals surface area contributed by atoms with Crippen molar-refractivity contribution in [1.29, 1.82) is 0 Å². The molecular formula is C24H19N3O2. The molecule has 0 spiro atoms. The van der Waals surface area contributed by atoms with Gasteiger partial charge in [0.25, 0.3) is 5.91 Å². The van der Waals surface area contributed by atoms with Crippen molar-refractivity contribution in [3.8, 4) is 17.0 Å². The van der Waals surface area contributed by atoms with E-state index in [2.05, 4.69) is 10.2 Å². The average molecular weight is 381 g/mol. The van der Waals surface area contributed by atoms with Crippen LogP contribution in [0.1, 0.15) is 27.7 Å². The molecule has 0 bridgehead atoms. The number of nitrogens with zero attached hydrogens (tertiary/aromatic N) is 2. The number of carbonyl (C=O) groups is 1. The molecule has 1 atom stereocenters. The number of hydrogen-bond donors (Lipinski definition) is 1. The zero-order valence-corrected chi connectivity index (χ0v) is 15.9. The van der Waals surface area contributed by atoms with Crippen LogP contribution < -0.4 is 9.64 Å². The molecule has 0 radical (unpaired) electrons. The summed E-state index contributed by atoms with van der Waals surface area (Å²) < 4.78 is 5.31. The maximum Gasteiger partial charge on any atom is 0.277 e. The van der Waals surface area contributed by atoms with Gasteiger partial charge in [-0.3, -0.25) is 14.8 Å². The molecular weight excluding hydrogens is 362 g/mol. The molecule has 1 N–H and O–H groups in total. The highest BCUT2D eigenvalue weighted by Crippen LogP contribution is 2.45. The topological polar surface area (TPSA) is 58.2 Å². The van der Waals surface area contributed by atoms with Gasteiger partial charge < -0.3 is 4.74 Å². The number of H-pyrrole nitrogens is 1. The van der Waals surface area contributed by atoms with E-state index in [4.69, 9.17) is 4.74 Å². The van der Waals surface area contributed by atoms with E-state index in [0.717, 1.165) is 33.8 Å². The Hall–Kier alpha value is -3.86.